The largest absolute Gasteiger partial charge is 0.255 e. The van der Waals surface area contributed by atoms with Crippen molar-refractivity contribution in [3.05, 3.63) is 71.9 Å². The van der Waals surface area contributed by atoms with E-state index in [1.54, 1.807) is 5.19 Å². The van der Waals surface area contributed by atoms with E-state index in [2.05, 4.69) is 102 Å². The molecule has 174 valence electrons. The molecular formula is C31H35NSSi. The van der Waals surface area contributed by atoms with Gasteiger partial charge >= 0.3 is 0 Å². The van der Waals surface area contributed by atoms with Crippen LogP contribution in [0.2, 0.25) is 19.6 Å². The first-order valence-corrected chi connectivity index (χ1v) is 16.8. The van der Waals surface area contributed by atoms with Gasteiger partial charge in [0, 0.05) is 27.2 Å². The van der Waals surface area contributed by atoms with E-state index >= 15 is 0 Å². The zero-order valence-corrected chi connectivity index (χ0v) is 23.3. The summed E-state index contributed by atoms with van der Waals surface area (Å²) in [4.78, 5) is 4.96. The Morgan fingerprint density at radius 2 is 1.59 bits per heavy atom. The number of hydrogen-bond donors (Lipinski definition) is 0. The third kappa shape index (κ3) is 4.10. The van der Waals surface area contributed by atoms with Gasteiger partial charge in [0.1, 0.15) is 0 Å². The topological polar surface area (TPSA) is 12.9 Å². The molecule has 0 saturated heterocycles. The molecule has 0 fully saturated rings. The number of thiophene rings is 1. The number of hydrogen-bond acceptors (Lipinski definition) is 2. The van der Waals surface area contributed by atoms with Crippen LogP contribution in [0.25, 0.3) is 42.2 Å². The van der Waals surface area contributed by atoms with Crippen molar-refractivity contribution in [2.75, 3.05) is 0 Å². The Morgan fingerprint density at radius 3 is 2.29 bits per heavy atom. The average molecular weight is 482 g/mol. The van der Waals surface area contributed by atoms with Crippen LogP contribution in [0, 0.1) is 5.92 Å². The molecule has 3 heteroatoms. The van der Waals surface area contributed by atoms with Gasteiger partial charge < -0.3 is 0 Å². The normalized spacial score (nSPS) is 12.6. The van der Waals surface area contributed by atoms with Crippen LogP contribution in [0.1, 0.15) is 44.7 Å². The zero-order chi connectivity index (χ0) is 24.2. The fraction of sp³-hybridized carbons (Fsp3) is 0.323. The lowest BCUT2D eigenvalue weighted by atomic mass is 9.92. The van der Waals surface area contributed by atoms with Crippen LogP contribution in [0.3, 0.4) is 0 Å². The molecule has 0 bridgehead atoms. The molecule has 0 unspecified atom stereocenters. The van der Waals surface area contributed by atoms with Gasteiger partial charge in [0.15, 0.2) is 0 Å². The number of pyridine rings is 1. The Kier molecular flexibility index (Phi) is 5.90. The van der Waals surface area contributed by atoms with Crippen LogP contribution in [0.4, 0.5) is 0 Å². The maximum Gasteiger partial charge on any atom is 0.0880 e. The van der Waals surface area contributed by atoms with Gasteiger partial charge in [0.25, 0.3) is 0 Å². The van der Waals surface area contributed by atoms with Crippen LogP contribution >= 0.6 is 11.3 Å². The highest BCUT2D eigenvalue weighted by Crippen LogP contribution is 2.41. The highest BCUT2D eigenvalue weighted by molar-refractivity contribution is 7.28. The highest BCUT2D eigenvalue weighted by Gasteiger charge is 2.24. The second kappa shape index (κ2) is 8.62. The molecule has 0 amide bonds. The van der Waals surface area contributed by atoms with Crippen LogP contribution in [-0.4, -0.2) is 13.1 Å². The molecule has 2 heterocycles. The number of rotatable bonds is 5. The van der Waals surface area contributed by atoms with Crippen LogP contribution in [-0.2, 0) is 6.42 Å². The molecule has 5 aromatic rings. The van der Waals surface area contributed by atoms with Crippen molar-refractivity contribution in [2.45, 2.75) is 59.7 Å². The lowest BCUT2D eigenvalue weighted by Crippen LogP contribution is -2.38. The van der Waals surface area contributed by atoms with E-state index in [9.17, 15) is 0 Å². The summed E-state index contributed by atoms with van der Waals surface area (Å²) in [5.41, 5.74) is 5.23. The predicted octanol–water partition coefficient (Wildman–Crippen LogP) is 9.14. The van der Waals surface area contributed by atoms with E-state index in [0.717, 1.165) is 12.1 Å². The van der Waals surface area contributed by atoms with Gasteiger partial charge in [-0.05, 0) is 69.6 Å². The summed E-state index contributed by atoms with van der Waals surface area (Å²) in [6.07, 6.45) is 3.14. The SMILES string of the molecule is CC(C)Cc1cc([Si](C)(C)C)c2sc3c(-c4cc(C(C)C)c5ccccc5c4)nccc3c2c1. The quantitative estimate of drug-likeness (QED) is 0.228. The lowest BCUT2D eigenvalue weighted by molar-refractivity contribution is 0.648. The maximum atomic E-state index is 4.96. The number of aromatic nitrogens is 1. The van der Waals surface area contributed by atoms with Crippen LogP contribution in [0.15, 0.2) is 60.8 Å². The highest BCUT2D eigenvalue weighted by atomic mass is 32.1. The Morgan fingerprint density at radius 1 is 0.824 bits per heavy atom. The monoisotopic (exact) mass is 481 g/mol. The molecule has 0 saturated carbocycles. The van der Waals surface area contributed by atoms with Crippen molar-refractivity contribution < 1.29 is 0 Å². The molecule has 0 radical (unpaired) electrons. The first-order valence-electron chi connectivity index (χ1n) is 12.5. The third-order valence-electron chi connectivity index (χ3n) is 6.79. The lowest BCUT2D eigenvalue weighted by Gasteiger charge is -2.19. The van der Waals surface area contributed by atoms with Crippen molar-refractivity contribution in [1.29, 1.82) is 0 Å². The van der Waals surface area contributed by atoms with Gasteiger partial charge in [-0.15, -0.1) is 11.3 Å². The standard InChI is InChI=1S/C31H35NSSi/c1-19(2)14-21-15-27-25-12-13-32-29(31(25)33-30(27)28(16-21)34(5,6)7)23-17-22-10-8-9-11-24(22)26(18-23)20(3)4/h8-13,15-20H,14H2,1-7H3. The van der Waals surface area contributed by atoms with E-state index < -0.39 is 8.07 Å². The van der Waals surface area contributed by atoms with Crippen molar-refractivity contribution in [3.63, 3.8) is 0 Å². The summed E-state index contributed by atoms with van der Waals surface area (Å²) in [5.74, 6) is 1.12. The molecule has 5 rings (SSSR count). The summed E-state index contributed by atoms with van der Waals surface area (Å²) in [5, 5.41) is 7.02. The van der Waals surface area contributed by atoms with Gasteiger partial charge in [0.05, 0.1) is 18.5 Å². The number of fused-ring (bicyclic) bond motifs is 4. The molecule has 1 nitrogen and oxygen atoms in total. The van der Waals surface area contributed by atoms with Gasteiger partial charge in [-0.25, -0.2) is 0 Å². The van der Waals surface area contributed by atoms with Gasteiger partial charge in [-0.1, -0.05) is 77.7 Å². The summed E-state index contributed by atoms with van der Waals surface area (Å²) >= 11 is 1.96. The van der Waals surface area contributed by atoms with E-state index in [-0.39, 0.29) is 0 Å². The first-order chi connectivity index (χ1) is 16.1. The Bertz CT molecular complexity index is 1520. The van der Waals surface area contributed by atoms with Gasteiger partial charge in [-0.3, -0.25) is 4.98 Å². The minimum Gasteiger partial charge on any atom is -0.255 e. The zero-order valence-electron chi connectivity index (χ0n) is 21.5. The summed E-state index contributed by atoms with van der Waals surface area (Å²) in [7, 11) is -1.51. The summed E-state index contributed by atoms with van der Waals surface area (Å²) in [6, 6.07) is 20.7. The van der Waals surface area contributed by atoms with Crippen LogP contribution < -0.4 is 5.19 Å². The predicted molar refractivity (Wildman–Crippen MR) is 156 cm³/mol. The van der Waals surface area contributed by atoms with Crippen molar-refractivity contribution in [3.8, 4) is 11.3 Å². The molecule has 2 aromatic heterocycles. The number of benzene rings is 3. The van der Waals surface area contributed by atoms with Crippen molar-refractivity contribution in [2.24, 2.45) is 5.92 Å². The summed E-state index contributed by atoms with van der Waals surface area (Å²) < 4.78 is 2.80. The Labute approximate surface area is 208 Å². The molecule has 0 atom stereocenters. The molecule has 0 N–H and O–H groups in total. The molecule has 0 aliphatic heterocycles. The molecule has 0 spiro atoms. The minimum atomic E-state index is -1.51. The molecule has 0 aliphatic rings. The molecular weight excluding hydrogens is 447 g/mol. The Hall–Kier alpha value is -2.49. The second-order valence-corrected chi connectivity index (χ2v) is 17.5. The number of nitrogens with zero attached hydrogens (tertiary/aromatic N) is 1. The second-order valence-electron chi connectivity index (χ2n) is 11.4. The van der Waals surface area contributed by atoms with E-state index in [0.29, 0.717) is 11.8 Å². The minimum absolute atomic E-state index is 0.462. The Balaban J connectivity index is 1.82. The molecule has 3 aromatic carbocycles. The van der Waals surface area contributed by atoms with Gasteiger partial charge in [0.2, 0.25) is 0 Å². The van der Waals surface area contributed by atoms with Crippen LogP contribution in [0.5, 0.6) is 0 Å². The fourth-order valence-corrected chi connectivity index (χ4v) is 8.88. The smallest absolute Gasteiger partial charge is 0.0880 e. The summed E-state index contributed by atoms with van der Waals surface area (Å²) in [6.45, 7) is 16.6. The van der Waals surface area contributed by atoms with Crippen molar-refractivity contribution >= 4 is 55.5 Å². The average Bonchev–Trinajstić information content (AvgIpc) is 3.15. The first kappa shape index (κ1) is 23.3. The molecule has 34 heavy (non-hydrogen) atoms. The van der Waals surface area contributed by atoms with E-state index in [1.807, 2.05) is 17.5 Å². The third-order valence-corrected chi connectivity index (χ3v) is 10.2. The maximum absolute atomic E-state index is 4.96. The molecule has 0 aliphatic carbocycles. The van der Waals surface area contributed by atoms with Gasteiger partial charge in [-0.2, -0.15) is 0 Å². The van der Waals surface area contributed by atoms with E-state index in [4.69, 9.17) is 4.98 Å². The van der Waals surface area contributed by atoms with Crippen molar-refractivity contribution in [1.82, 2.24) is 4.98 Å². The van der Waals surface area contributed by atoms with E-state index in [1.165, 1.54) is 47.6 Å². The fourth-order valence-electron chi connectivity index (χ4n) is 5.17.